The predicted octanol–water partition coefficient (Wildman–Crippen LogP) is 1.31. The van der Waals surface area contributed by atoms with Crippen molar-refractivity contribution in [2.45, 2.75) is 25.7 Å². The zero-order valence-electron chi connectivity index (χ0n) is 8.37. The fourth-order valence-corrected chi connectivity index (χ4v) is 0.782. The van der Waals surface area contributed by atoms with Gasteiger partial charge >= 0.3 is 5.97 Å². The van der Waals surface area contributed by atoms with Crippen LogP contribution < -0.4 is 5.32 Å². The van der Waals surface area contributed by atoms with Crippen LogP contribution in [0.15, 0.2) is 0 Å². The highest BCUT2D eigenvalue weighted by Gasteiger charge is 2.01. The molecule has 0 saturated carbocycles. The Morgan fingerprint density at radius 3 is 2.07 bits per heavy atom. The SMILES string of the molecule is CNC(=O)CCCCC(=O)OC.Cl.Cl. The summed E-state index contributed by atoms with van der Waals surface area (Å²) in [5.74, 6) is -0.202. The summed E-state index contributed by atoms with van der Waals surface area (Å²) in [6.45, 7) is 0. The summed E-state index contributed by atoms with van der Waals surface area (Å²) in [4.78, 5) is 21.3. The second-order valence-electron chi connectivity index (χ2n) is 2.46. The van der Waals surface area contributed by atoms with Gasteiger partial charge in [0.2, 0.25) is 5.91 Å². The maximum Gasteiger partial charge on any atom is 0.305 e. The van der Waals surface area contributed by atoms with Crippen molar-refractivity contribution < 1.29 is 14.3 Å². The summed E-state index contributed by atoms with van der Waals surface area (Å²) >= 11 is 0. The Balaban J connectivity index is -0.000000605. The minimum atomic E-state index is -0.216. The molecule has 0 rings (SSSR count). The van der Waals surface area contributed by atoms with Crippen LogP contribution in [0, 0.1) is 0 Å². The van der Waals surface area contributed by atoms with Gasteiger partial charge in [-0.15, -0.1) is 24.8 Å². The number of amides is 1. The first-order valence-corrected chi connectivity index (χ1v) is 3.98. The Bertz CT molecular complexity index is 147. The smallest absolute Gasteiger partial charge is 0.305 e. The average molecular weight is 246 g/mol. The molecule has 0 aliphatic rings. The Labute approximate surface area is 96.6 Å². The van der Waals surface area contributed by atoms with E-state index in [1.54, 1.807) is 7.05 Å². The van der Waals surface area contributed by atoms with Crippen molar-refractivity contribution >= 4 is 36.7 Å². The third-order valence-electron chi connectivity index (χ3n) is 1.54. The van der Waals surface area contributed by atoms with E-state index in [-0.39, 0.29) is 36.7 Å². The maximum atomic E-state index is 10.7. The van der Waals surface area contributed by atoms with Gasteiger partial charge in [0.25, 0.3) is 0 Å². The standard InChI is InChI=1S/C8H15NO3.2ClH/c1-9-7(10)5-3-4-6-8(11)12-2;;/h3-6H2,1-2H3,(H,9,10);2*1H. The van der Waals surface area contributed by atoms with Gasteiger partial charge in [-0.25, -0.2) is 0 Å². The molecule has 0 spiro atoms. The van der Waals surface area contributed by atoms with E-state index in [1.807, 2.05) is 0 Å². The number of esters is 1. The Hall–Kier alpha value is -0.480. The molecule has 0 fully saturated rings. The van der Waals surface area contributed by atoms with Crippen molar-refractivity contribution in [1.82, 2.24) is 5.32 Å². The molecule has 0 atom stereocenters. The Kier molecular flexibility index (Phi) is 17.1. The van der Waals surface area contributed by atoms with E-state index in [1.165, 1.54) is 7.11 Å². The number of halogens is 2. The predicted molar refractivity (Wildman–Crippen MR) is 59.0 cm³/mol. The van der Waals surface area contributed by atoms with Crippen LogP contribution in [0.3, 0.4) is 0 Å². The molecular formula is C8H17Cl2NO3. The van der Waals surface area contributed by atoms with E-state index >= 15 is 0 Å². The number of unbranched alkanes of at least 4 members (excludes halogenated alkanes) is 1. The molecule has 0 aliphatic carbocycles. The number of nitrogens with one attached hydrogen (secondary N) is 1. The number of hydrogen-bond acceptors (Lipinski definition) is 3. The molecule has 0 radical (unpaired) electrons. The van der Waals surface area contributed by atoms with E-state index in [9.17, 15) is 9.59 Å². The second kappa shape index (κ2) is 12.5. The van der Waals surface area contributed by atoms with E-state index in [4.69, 9.17) is 0 Å². The lowest BCUT2D eigenvalue weighted by molar-refractivity contribution is -0.140. The zero-order valence-corrected chi connectivity index (χ0v) is 10.0. The average Bonchev–Trinajstić information content (AvgIpc) is 2.11. The Morgan fingerprint density at radius 1 is 1.14 bits per heavy atom. The molecule has 0 aromatic carbocycles. The lowest BCUT2D eigenvalue weighted by Gasteiger charge is -1.99. The van der Waals surface area contributed by atoms with Crippen LogP contribution in [-0.4, -0.2) is 26.0 Å². The largest absolute Gasteiger partial charge is 0.469 e. The molecule has 1 N–H and O–H groups in total. The fourth-order valence-electron chi connectivity index (χ4n) is 0.782. The summed E-state index contributed by atoms with van der Waals surface area (Å²) in [7, 11) is 2.96. The quantitative estimate of drug-likeness (QED) is 0.587. The first-order chi connectivity index (χ1) is 5.70. The van der Waals surface area contributed by atoms with Gasteiger partial charge < -0.3 is 10.1 Å². The minimum absolute atomic E-state index is 0. The van der Waals surface area contributed by atoms with Crippen LogP contribution in [0.4, 0.5) is 0 Å². The fraction of sp³-hybridized carbons (Fsp3) is 0.750. The normalized spacial score (nSPS) is 7.86. The first kappa shape index (κ1) is 19.1. The molecule has 6 heteroatoms. The highest BCUT2D eigenvalue weighted by molar-refractivity contribution is 5.85. The number of ether oxygens (including phenoxy) is 1. The summed E-state index contributed by atoms with van der Waals surface area (Å²) in [6.07, 6.45) is 2.32. The van der Waals surface area contributed by atoms with Gasteiger partial charge in [0.05, 0.1) is 7.11 Å². The van der Waals surface area contributed by atoms with E-state index in [2.05, 4.69) is 10.1 Å². The molecule has 0 heterocycles. The number of hydrogen-bond donors (Lipinski definition) is 1. The molecule has 1 amide bonds. The van der Waals surface area contributed by atoms with Crippen LogP contribution in [0.5, 0.6) is 0 Å². The summed E-state index contributed by atoms with van der Waals surface area (Å²) in [5.41, 5.74) is 0. The molecule has 0 saturated heterocycles. The van der Waals surface area contributed by atoms with Crippen molar-refractivity contribution in [2.24, 2.45) is 0 Å². The third kappa shape index (κ3) is 11.5. The van der Waals surface area contributed by atoms with Crippen LogP contribution >= 0.6 is 24.8 Å². The minimum Gasteiger partial charge on any atom is -0.469 e. The van der Waals surface area contributed by atoms with Crippen LogP contribution in [0.1, 0.15) is 25.7 Å². The third-order valence-corrected chi connectivity index (χ3v) is 1.54. The van der Waals surface area contributed by atoms with Crippen molar-refractivity contribution in [1.29, 1.82) is 0 Å². The maximum absolute atomic E-state index is 10.7. The van der Waals surface area contributed by atoms with Crippen molar-refractivity contribution in [3.05, 3.63) is 0 Å². The van der Waals surface area contributed by atoms with Gasteiger partial charge in [-0.1, -0.05) is 0 Å². The molecule has 4 nitrogen and oxygen atoms in total. The number of carbonyl (C=O) groups is 2. The van der Waals surface area contributed by atoms with E-state index < -0.39 is 0 Å². The van der Waals surface area contributed by atoms with Crippen LogP contribution in [-0.2, 0) is 14.3 Å². The van der Waals surface area contributed by atoms with Crippen molar-refractivity contribution in [3.8, 4) is 0 Å². The molecule has 14 heavy (non-hydrogen) atoms. The van der Waals surface area contributed by atoms with Gasteiger partial charge in [-0.2, -0.15) is 0 Å². The van der Waals surface area contributed by atoms with E-state index in [0.29, 0.717) is 19.3 Å². The van der Waals surface area contributed by atoms with E-state index in [0.717, 1.165) is 6.42 Å². The molecule has 86 valence electrons. The zero-order chi connectivity index (χ0) is 9.40. The summed E-state index contributed by atoms with van der Waals surface area (Å²) < 4.78 is 4.44. The molecule has 0 aromatic rings. The van der Waals surface area contributed by atoms with Gasteiger partial charge in [-0.3, -0.25) is 9.59 Å². The highest BCUT2D eigenvalue weighted by atomic mass is 35.5. The summed E-state index contributed by atoms with van der Waals surface area (Å²) in [6, 6.07) is 0. The van der Waals surface area contributed by atoms with Crippen molar-refractivity contribution in [2.75, 3.05) is 14.2 Å². The van der Waals surface area contributed by atoms with Gasteiger partial charge in [0.15, 0.2) is 0 Å². The molecule has 0 bridgehead atoms. The highest BCUT2D eigenvalue weighted by Crippen LogP contribution is 2.00. The lowest BCUT2D eigenvalue weighted by atomic mass is 10.2. The molecule has 0 unspecified atom stereocenters. The van der Waals surface area contributed by atoms with Gasteiger partial charge in [0.1, 0.15) is 0 Å². The molecule has 0 aliphatic heterocycles. The Morgan fingerprint density at radius 2 is 1.64 bits per heavy atom. The molecule has 0 aromatic heterocycles. The van der Waals surface area contributed by atoms with Gasteiger partial charge in [-0.05, 0) is 12.8 Å². The first-order valence-electron chi connectivity index (χ1n) is 3.98. The lowest BCUT2D eigenvalue weighted by Crippen LogP contribution is -2.17. The monoisotopic (exact) mass is 245 g/mol. The van der Waals surface area contributed by atoms with Crippen molar-refractivity contribution in [3.63, 3.8) is 0 Å². The summed E-state index contributed by atoms with van der Waals surface area (Å²) in [5, 5.41) is 2.51. The van der Waals surface area contributed by atoms with Crippen LogP contribution in [0.25, 0.3) is 0 Å². The van der Waals surface area contributed by atoms with Crippen LogP contribution in [0.2, 0.25) is 0 Å². The number of rotatable bonds is 5. The second-order valence-corrected chi connectivity index (χ2v) is 2.46. The number of methoxy groups -OCH3 is 1. The molecular weight excluding hydrogens is 229 g/mol. The topological polar surface area (TPSA) is 55.4 Å². The number of carbonyl (C=O) groups excluding carboxylic acids is 2. The van der Waals surface area contributed by atoms with Gasteiger partial charge in [0, 0.05) is 19.9 Å².